The number of fused-ring (bicyclic) bond motifs is 2. The van der Waals surface area contributed by atoms with Crippen LogP contribution in [0.1, 0.15) is 37.1 Å². The van der Waals surface area contributed by atoms with Crippen molar-refractivity contribution in [1.29, 1.82) is 0 Å². The van der Waals surface area contributed by atoms with Crippen molar-refractivity contribution < 1.29 is 4.52 Å². The van der Waals surface area contributed by atoms with Gasteiger partial charge in [0.15, 0.2) is 0 Å². The molecule has 2 aliphatic heterocycles. The van der Waals surface area contributed by atoms with Gasteiger partial charge in [0.25, 0.3) is 0 Å². The van der Waals surface area contributed by atoms with E-state index >= 15 is 0 Å². The molecule has 0 aromatic carbocycles. The Morgan fingerprint density at radius 3 is 2.89 bits per heavy atom. The van der Waals surface area contributed by atoms with E-state index in [0.717, 1.165) is 29.4 Å². The van der Waals surface area contributed by atoms with Crippen molar-refractivity contribution in [3.63, 3.8) is 0 Å². The second-order valence-corrected chi connectivity index (χ2v) is 6.27. The molecule has 4 heterocycles. The molecular formula is C13H15N3OS. The Morgan fingerprint density at radius 1 is 1.44 bits per heavy atom. The topological polar surface area (TPSA) is 51.0 Å². The normalized spacial score (nSPS) is 30.2. The fraction of sp³-hybridized carbons (Fsp3) is 0.538. The van der Waals surface area contributed by atoms with Crippen LogP contribution in [0.4, 0.5) is 0 Å². The molecule has 0 amide bonds. The van der Waals surface area contributed by atoms with Gasteiger partial charge in [-0.15, -0.1) is 11.3 Å². The summed E-state index contributed by atoms with van der Waals surface area (Å²) in [5.74, 6) is 1.52. The van der Waals surface area contributed by atoms with Crippen LogP contribution in [0.25, 0.3) is 10.7 Å². The molecule has 4 nitrogen and oxygen atoms in total. The van der Waals surface area contributed by atoms with E-state index in [9.17, 15) is 0 Å². The molecule has 5 heteroatoms. The first-order valence-corrected chi connectivity index (χ1v) is 7.31. The Balaban J connectivity index is 1.72. The van der Waals surface area contributed by atoms with Crippen LogP contribution in [0.2, 0.25) is 0 Å². The Bertz CT molecular complexity index is 581. The molecule has 1 N–H and O–H groups in total. The Kier molecular flexibility index (Phi) is 2.17. The SMILES string of the molecule is Cc1ccsc1-c1noc(C23CCC(CC2)N3)n1. The molecule has 0 radical (unpaired) electrons. The lowest BCUT2D eigenvalue weighted by Gasteiger charge is -2.20. The largest absolute Gasteiger partial charge is 0.337 e. The third kappa shape index (κ3) is 1.40. The van der Waals surface area contributed by atoms with E-state index in [0.29, 0.717) is 6.04 Å². The number of hydrogen-bond donors (Lipinski definition) is 1. The minimum absolute atomic E-state index is 0.0267. The molecule has 0 spiro atoms. The summed E-state index contributed by atoms with van der Waals surface area (Å²) in [5, 5.41) is 9.87. The second-order valence-electron chi connectivity index (χ2n) is 5.36. The Labute approximate surface area is 109 Å². The summed E-state index contributed by atoms with van der Waals surface area (Å²) in [6.07, 6.45) is 4.72. The van der Waals surface area contributed by atoms with Crippen molar-refractivity contribution >= 4 is 11.3 Å². The molecule has 0 atom stereocenters. The van der Waals surface area contributed by atoms with Crippen molar-refractivity contribution in [1.82, 2.24) is 15.5 Å². The molecule has 18 heavy (non-hydrogen) atoms. The lowest BCUT2D eigenvalue weighted by atomic mass is 9.88. The molecule has 0 aliphatic carbocycles. The highest BCUT2D eigenvalue weighted by molar-refractivity contribution is 7.13. The van der Waals surface area contributed by atoms with E-state index in [1.54, 1.807) is 11.3 Å². The maximum absolute atomic E-state index is 5.53. The van der Waals surface area contributed by atoms with Crippen LogP contribution < -0.4 is 5.32 Å². The van der Waals surface area contributed by atoms with Crippen molar-refractivity contribution in [3.05, 3.63) is 22.9 Å². The number of rotatable bonds is 2. The number of thiophene rings is 1. The summed E-state index contributed by atoms with van der Waals surface area (Å²) in [6.45, 7) is 2.08. The zero-order valence-electron chi connectivity index (χ0n) is 10.3. The fourth-order valence-electron chi connectivity index (χ4n) is 3.18. The maximum Gasteiger partial charge on any atom is 0.247 e. The maximum atomic E-state index is 5.53. The highest BCUT2D eigenvalue weighted by atomic mass is 32.1. The minimum atomic E-state index is -0.0267. The molecule has 2 fully saturated rings. The van der Waals surface area contributed by atoms with Gasteiger partial charge in [0.2, 0.25) is 11.7 Å². The molecule has 0 saturated carbocycles. The smallest absolute Gasteiger partial charge is 0.247 e. The van der Waals surface area contributed by atoms with E-state index in [1.807, 2.05) is 0 Å². The van der Waals surface area contributed by atoms with Gasteiger partial charge in [-0.2, -0.15) is 4.98 Å². The summed E-state index contributed by atoms with van der Waals surface area (Å²) < 4.78 is 5.53. The quantitative estimate of drug-likeness (QED) is 0.903. The standard InChI is InChI=1S/C13H15N3OS/c1-8-4-7-18-10(8)11-14-12(17-16-11)13-5-2-9(15-13)3-6-13/h4,7,9,15H,2-3,5-6H2,1H3. The average Bonchev–Trinajstić information content (AvgIpc) is 3.12. The number of hydrogen-bond acceptors (Lipinski definition) is 5. The Hall–Kier alpha value is -1.20. The van der Waals surface area contributed by atoms with E-state index in [2.05, 4.69) is 33.8 Å². The Morgan fingerprint density at radius 2 is 2.28 bits per heavy atom. The third-order valence-electron chi connectivity index (χ3n) is 4.22. The molecule has 2 aromatic heterocycles. The summed E-state index contributed by atoms with van der Waals surface area (Å²) in [5.41, 5.74) is 1.19. The van der Waals surface area contributed by atoms with Crippen LogP contribution in [-0.4, -0.2) is 16.2 Å². The monoisotopic (exact) mass is 261 g/mol. The van der Waals surface area contributed by atoms with Crippen LogP contribution >= 0.6 is 11.3 Å². The van der Waals surface area contributed by atoms with E-state index in [1.165, 1.54) is 18.4 Å². The van der Waals surface area contributed by atoms with Gasteiger partial charge in [-0.3, -0.25) is 0 Å². The molecule has 4 rings (SSSR count). The first-order valence-electron chi connectivity index (χ1n) is 6.43. The summed E-state index contributed by atoms with van der Waals surface area (Å²) in [4.78, 5) is 5.75. The van der Waals surface area contributed by atoms with E-state index in [-0.39, 0.29) is 5.54 Å². The van der Waals surface area contributed by atoms with Gasteiger partial charge in [-0.05, 0) is 49.6 Å². The van der Waals surface area contributed by atoms with Crippen LogP contribution in [0, 0.1) is 6.92 Å². The van der Waals surface area contributed by atoms with Crippen LogP contribution in [0.5, 0.6) is 0 Å². The van der Waals surface area contributed by atoms with Crippen molar-refractivity contribution in [2.24, 2.45) is 0 Å². The van der Waals surface area contributed by atoms with Gasteiger partial charge in [0, 0.05) is 6.04 Å². The van der Waals surface area contributed by atoms with Gasteiger partial charge in [-0.1, -0.05) is 5.16 Å². The average molecular weight is 261 g/mol. The minimum Gasteiger partial charge on any atom is -0.337 e. The third-order valence-corrected chi connectivity index (χ3v) is 5.23. The highest BCUT2D eigenvalue weighted by Gasteiger charge is 2.49. The zero-order valence-corrected chi connectivity index (χ0v) is 11.1. The summed E-state index contributed by atoms with van der Waals surface area (Å²) in [6, 6.07) is 2.75. The summed E-state index contributed by atoms with van der Waals surface area (Å²) >= 11 is 1.67. The molecule has 94 valence electrons. The first-order chi connectivity index (χ1) is 8.77. The van der Waals surface area contributed by atoms with Gasteiger partial charge < -0.3 is 9.84 Å². The lowest BCUT2D eigenvalue weighted by Crippen LogP contribution is -2.33. The second kappa shape index (κ2) is 3.65. The van der Waals surface area contributed by atoms with Crippen molar-refractivity contribution in [2.75, 3.05) is 0 Å². The zero-order chi connectivity index (χ0) is 12.2. The molecule has 2 aliphatic rings. The fourth-order valence-corrected chi connectivity index (χ4v) is 4.03. The number of nitrogens with one attached hydrogen (secondary N) is 1. The van der Waals surface area contributed by atoms with Crippen LogP contribution in [0.15, 0.2) is 16.0 Å². The van der Waals surface area contributed by atoms with Gasteiger partial charge in [0.05, 0.1) is 10.4 Å². The molecular weight excluding hydrogens is 246 g/mol. The van der Waals surface area contributed by atoms with Crippen molar-refractivity contribution in [2.45, 2.75) is 44.2 Å². The summed E-state index contributed by atoms with van der Waals surface area (Å²) in [7, 11) is 0. The molecule has 0 unspecified atom stereocenters. The van der Waals surface area contributed by atoms with Gasteiger partial charge in [0.1, 0.15) is 0 Å². The first kappa shape index (κ1) is 10.7. The molecule has 2 saturated heterocycles. The molecule has 2 aromatic rings. The predicted octanol–water partition coefficient (Wildman–Crippen LogP) is 2.85. The van der Waals surface area contributed by atoms with E-state index < -0.39 is 0 Å². The lowest BCUT2D eigenvalue weighted by molar-refractivity contribution is 0.262. The van der Waals surface area contributed by atoms with E-state index in [4.69, 9.17) is 4.52 Å². The number of aryl methyl sites for hydroxylation is 1. The number of nitrogens with zero attached hydrogens (tertiary/aromatic N) is 2. The van der Waals surface area contributed by atoms with Gasteiger partial charge >= 0.3 is 0 Å². The van der Waals surface area contributed by atoms with Crippen LogP contribution in [-0.2, 0) is 5.54 Å². The van der Waals surface area contributed by atoms with Gasteiger partial charge in [-0.25, -0.2) is 0 Å². The number of aromatic nitrogens is 2. The highest BCUT2D eigenvalue weighted by Crippen LogP contribution is 2.44. The van der Waals surface area contributed by atoms with Crippen molar-refractivity contribution in [3.8, 4) is 10.7 Å². The van der Waals surface area contributed by atoms with Crippen LogP contribution in [0.3, 0.4) is 0 Å². The molecule has 2 bridgehead atoms. The predicted molar refractivity (Wildman–Crippen MR) is 69.4 cm³/mol.